The summed E-state index contributed by atoms with van der Waals surface area (Å²) in [5.41, 5.74) is 4.20. The third kappa shape index (κ3) is 3.90. The molecule has 27 heavy (non-hydrogen) atoms. The van der Waals surface area contributed by atoms with Crippen LogP contribution in [0, 0.1) is 25.2 Å². The van der Waals surface area contributed by atoms with Gasteiger partial charge in [-0.25, -0.2) is 0 Å². The third-order valence-corrected chi connectivity index (χ3v) is 4.99. The standard InChI is InChI=1S/C22H25N3O2/c1-4-10-25-15(2)12-17(16(25)3)13-18(14-23)22(26)24-20-9-11-27-21-8-6-5-7-19(20)21/h5-8,12-13,20H,4,9-11H2,1-3H3,(H,24,26)/b18-13+. The second kappa shape index (κ2) is 8.13. The van der Waals surface area contributed by atoms with Crippen molar-refractivity contribution >= 4 is 12.0 Å². The number of benzene rings is 1. The van der Waals surface area contributed by atoms with Crippen molar-refractivity contribution in [2.45, 2.75) is 46.2 Å². The van der Waals surface area contributed by atoms with Gasteiger partial charge in [0, 0.05) is 29.9 Å². The normalized spacial score (nSPS) is 16.2. The summed E-state index contributed by atoms with van der Waals surface area (Å²) < 4.78 is 7.85. The highest BCUT2D eigenvalue weighted by Gasteiger charge is 2.24. The number of para-hydroxylation sites is 1. The van der Waals surface area contributed by atoms with E-state index in [2.05, 4.69) is 22.9 Å². The van der Waals surface area contributed by atoms with Crippen molar-refractivity contribution in [3.05, 3.63) is 58.4 Å². The van der Waals surface area contributed by atoms with Gasteiger partial charge in [0.2, 0.25) is 0 Å². The van der Waals surface area contributed by atoms with Crippen LogP contribution in [-0.2, 0) is 11.3 Å². The van der Waals surface area contributed by atoms with E-state index in [-0.39, 0.29) is 17.5 Å². The smallest absolute Gasteiger partial charge is 0.262 e. The number of ether oxygens (including phenoxy) is 1. The van der Waals surface area contributed by atoms with E-state index in [1.54, 1.807) is 6.08 Å². The predicted octanol–water partition coefficient (Wildman–Crippen LogP) is 4.06. The molecule has 5 heteroatoms. The van der Waals surface area contributed by atoms with E-state index in [1.165, 1.54) is 0 Å². The molecule has 0 spiro atoms. The first-order valence-corrected chi connectivity index (χ1v) is 9.36. The van der Waals surface area contributed by atoms with Crippen LogP contribution in [0.1, 0.15) is 48.3 Å². The molecule has 1 aliphatic rings. The Kier molecular flexibility index (Phi) is 5.66. The minimum Gasteiger partial charge on any atom is -0.493 e. The van der Waals surface area contributed by atoms with Gasteiger partial charge in [-0.2, -0.15) is 5.26 Å². The van der Waals surface area contributed by atoms with Crippen LogP contribution in [0.2, 0.25) is 0 Å². The molecule has 1 unspecified atom stereocenters. The summed E-state index contributed by atoms with van der Waals surface area (Å²) in [7, 11) is 0. The number of carbonyl (C=O) groups excluding carboxylic acids is 1. The lowest BCUT2D eigenvalue weighted by Gasteiger charge is -2.26. The molecule has 1 N–H and O–H groups in total. The molecule has 0 saturated carbocycles. The fourth-order valence-electron chi connectivity index (χ4n) is 3.57. The van der Waals surface area contributed by atoms with Gasteiger partial charge in [-0.3, -0.25) is 4.79 Å². The Morgan fingerprint density at radius 1 is 1.41 bits per heavy atom. The maximum atomic E-state index is 12.7. The molecule has 0 fully saturated rings. The molecule has 1 aromatic heterocycles. The number of hydrogen-bond acceptors (Lipinski definition) is 3. The molecular formula is C22H25N3O2. The molecule has 1 amide bonds. The molecule has 5 nitrogen and oxygen atoms in total. The summed E-state index contributed by atoms with van der Waals surface area (Å²) in [6.45, 7) is 7.68. The number of fused-ring (bicyclic) bond motifs is 1. The number of nitriles is 1. The third-order valence-electron chi connectivity index (χ3n) is 4.99. The van der Waals surface area contributed by atoms with Gasteiger partial charge in [-0.15, -0.1) is 0 Å². The van der Waals surface area contributed by atoms with Crippen molar-refractivity contribution in [3.8, 4) is 11.8 Å². The number of carbonyl (C=O) groups is 1. The van der Waals surface area contributed by atoms with E-state index in [9.17, 15) is 10.1 Å². The van der Waals surface area contributed by atoms with Crippen molar-refractivity contribution in [2.75, 3.05) is 6.61 Å². The van der Waals surface area contributed by atoms with Crippen molar-refractivity contribution in [1.29, 1.82) is 5.26 Å². The van der Waals surface area contributed by atoms with Crippen LogP contribution in [-0.4, -0.2) is 17.1 Å². The number of amides is 1. The molecule has 1 atom stereocenters. The quantitative estimate of drug-likeness (QED) is 0.643. The van der Waals surface area contributed by atoms with E-state index in [1.807, 2.05) is 44.2 Å². The zero-order valence-electron chi connectivity index (χ0n) is 16.1. The van der Waals surface area contributed by atoms with Gasteiger partial charge in [0.05, 0.1) is 12.6 Å². The molecule has 2 aromatic rings. The number of nitrogens with zero attached hydrogens (tertiary/aromatic N) is 2. The summed E-state index contributed by atoms with van der Waals surface area (Å²) in [6, 6.07) is 11.6. The molecule has 2 heterocycles. The van der Waals surface area contributed by atoms with Gasteiger partial charge < -0.3 is 14.6 Å². The van der Waals surface area contributed by atoms with Crippen LogP contribution < -0.4 is 10.1 Å². The number of nitrogens with one attached hydrogen (secondary N) is 1. The highest BCUT2D eigenvalue weighted by atomic mass is 16.5. The lowest BCUT2D eigenvalue weighted by molar-refractivity contribution is -0.117. The Hall–Kier alpha value is -3.00. The fraction of sp³-hybridized carbons (Fsp3) is 0.364. The first kappa shape index (κ1) is 18.8. The molecule has 0 saturated heterocycles. The van der Waals surface area contributed by atoms with Gasteiger partial charge in [0.15, 0.2) is 0 Å². The SMILES string of the molecule is CCCn1c(C)cc(/C=C(\C#N)C(=O)NC2CCOc3ccccc32)c1C. The Balaban J connectivity index is 1.83. The molecule has 0 aliphatic carbocycles. The van der Waals surface area contributed by atoms with Crippen LogP contribution in [0.15, 0.2) is 35.9 Å². The summed E-state index contributed by atoms with van der Waals surface area (Å²) in [5, 5.41) is 12.5. The molecule has 0 bridgehead atoms. The summed E-state index contributed by atoms with van der Waals surface area (Å²) in [6.07, 6.45) is 3.41. The summed E-state index contributed by atoms with van der Waals surface area (Å²) >= 11 is 0. The lowest BCUT2D eigenvalue weighted by Crippen LogP contribution is -2.32. The van der Waals surface area contributed by atoms with E-state index in [4.69, 9.17) is 4.74 Å². The summed E-state index contributed by atoms with van der Waals surface area (Å²) in [5.74, 6) is 0.444. The van der Waals surface area contributed by atoms with Gasteiger partial charge in [0.25, 0.3) is 5.91 Å². The first-order valence-electron chi connectivity index (χ1n) is 9.36. The average molecular weight is 363 g/mol. The Bertz CT molecular complexity index is 918. The van der Waals surface area contributed by atoms with Crippen LogP contribution in [0.3, 0.4) is 0 Å². The van der Waals surface area contributed by atoms with E-state index < -0.39 is 0 Å². The first-order chi connectivity index (χ1) is 13.0. The lowest BCUT2D eigenvalue weighted by atomic mass is 10.00. The van der Waals surface area contributed by atoms with Gasteiger partial charge in [0.1, 0.15) is 17.4 Å². The maximum Gasteiger partial charge on any atom is 0.262 e. The molecule has 1 aromatic carbocycles. The van der Waals surface area contributed by atoms with E-state index >= 15 is 0 Å². The van der Waals surface area contributed by atoms with E-state index in [0.717, 1.165) is 41.2 Å². The van der Waals surface area contributed by atoms with Crippen LogP contribution >= 0.6 is 0 Å². The van der Waals surface area contributed by atoms with Gasteiger partial charge in [-0.05, 0) is 44.0 Å². The predicted molar refractivity (Wildman–Crippen MR) is 105 cm³/mol. The number of aryl methyl sites for hydroxylation is 1. The van der Waals surface area contributed by atoms with Crippen molar-refractivity contribution in [1.82, 2.24) is 9.88 Å². The van der Waals surface area contributed by atoms with Gasteiger partial charge in [-0.1, -0.05) is 25.1 Å². The maximum absolute atomic E-state index is 12.7. The van der Waals surface area contributed by atoms with E-state index in [0.29, 0.717) is 13.0 Å². The molecule has 0 radical (unpaired) electrons. The zero-order chi connectivity index (χ0) is 19.4. The second-order valence-electron chi connectivity index (χ2n) is 6.85. The monoisotopic (exact) mass is 363 g/mol. The fourth-order valence-corrected chi connectivity index (χ4v) is 3.57. The van der Waals surface area contributed by atoms with Crippen molar-refractivity contribution in [2.24, 2.45) is 0 Å². The minimum absolute atomic E-state index is 0.121. The molecule has 140 valence electrons. The van der Waals surface area contributed by atoms with Crippen molar-refractivity contribution < 1.29 is 9.53 Å². The molecule has 1 aliphatic heterocycles. The average Bonchev–Trinajstić information content (AvgIpc) is 2.94. The Morgan fingerprint density at radius 2 is 2.19 bits per heavy atom. The molecule has 3 rings (SSSR count). The second-order valence-corrected chi connectivity index (χ2v) is 6.85. The van der Waals surface area contributed by atoms with Crippen LogP contribution in [0.4, 0.5) is 0 Å². The van der Waals surface area contributed by atoms with Gasteiger partial charge >= 0.3 is 0 Å². The highest BCUT2D eigenvalue weighted by Crippen LogP contribution is 2.31. The Morgan fingerprint density at radius 3 is 2.93 bits per heavy atom. The minimum atomic E-state index is -0.348. The molecular weight excluding hydrogens is 338 g/mol. The number of hydrogen-bond donors (Lipinski definition) is 1. The number of rotatable bonds is 5. The largest absolute Gasteiger partial charge is 0.493 e. The highest BCUT2D eigenvalue weighted by molar-refractivity contribution is 6.02. The van der Waals surface area contributed by atoms with Crippen LogP contribution in [0.5, 0.6) is 5.75 Å². The number of aromatic nitrogens is 1. The topological polar surface area (TPSA) is 67.0 Å². The van der Waals surface area contributed by atoms with Crippen LogP contribution in [0.25, 0.3) is 6.08 Å². The Labute approximate surface area is 160 Å². The summed E-state index contributed by atoms with van der Waals surface area (Å²) in [4.78, 5) is 12.7. The zero-order valence-corrected chi connectivity index (χ0v) is 16.1. The van der Waals surface area contributed by atoms with Crippen molar-refractivity contribution in [3.63, 3.8) is 0 Å².